The van der Waals surface area contributed by atoms with E-state index in [1.165, 1.54) is 24.5 Å². The van der Waals surface area contributed by atoms with Gasteiger partial charge in [-0.15, -0.1) is 0 Å². The quantitative estimate of drug-likeness (QED) is 0.680. The monoisotopic (exact) mass is 336 g/mol. The van der Waals surface area contributed by atoms with Crippen LogP contribution in [0.1, 0.15) is 16.1 Å². The first-order chi connectivity index (χ1) is 9.58. The molecule has 102 valence electrons. The minimum Gasteiger partial charge on any atom is -0.346 e. The molecular formula is C12H9BrN4O3. The molecule has 0 radical (unpaired) electrons. The molecule has 0 saturated carbocycles. The minimum atomic E-state index is -0.548. The topological polar surface area (TPSA) is 98.0 Å². The molecule has 0 saturated heterocycles. The van der Waals surface area contributed by atoms with Crippen molar-refractivity contribution in [1.29, 1.82) is 0 Å². The SMILES string of the molecule is O=C(NCc1ccncn1)c1cc([N+](=O)[O-])ccc1Br. The standard InChI is InChI=1S/C12H9BrN4O3/c13-11-2-1-9(17(19)20)5-10(11)12(18)15-6-8-3-4-14-7-16-8/h1-5,7H,6H2,(H,15,18). The molecule has 0 aliphatic carbocycles. The van der Waals surface area contributed by atoms with Crippen molar-refractivity contribution in [2.24, 2.45) is 0 Å². The number of halogens is 1. The first-order valence-electron chi connectivity index (χ1n) is 5.55. The van der Waals surface area contributed by atoms with Gasteiger partial charge in [0, 0.05) is 22.8 Å². The van der Waals surface area contributed by atoms with E-state index in [1.807, 2.05) is 0 Å². The van der Waals surface area contributed by atoms with E-state index in [1.54, 1.807) is 12.3 Å². The lowest BCUT2D eigenvalue weighted by molar-refractivity contribution is -0.384. The highest BCUT2D eigenvalue weighted by Gasteiger charge is 2.15. The number of carbonyl (C=O) groups is 1. The number of nitrogens with zero attached hydrogens (tertiary/aromatic N) is 3. The molecule has 0 bridgehead atoms. The van der Waals surface area contributed by atoms with Crippen LogP contribution in [0, 0.1) is 10.1 Å². The van der Waals surface area contributed by atoms with E-state index in [-0.39, 0.29) is 17.8 Å². The van der Waals surface area contributed by atoms with Crippen LogP contribution < -0.4 is 5.32 Å². The van der Waals surface area contributed by atoms with Crippen LogP contribution in [0.4, 0.5) is 5.69 Å². The lowest BCUT2D eigenvalue weighted by atomic mass is 10.2. The molecule has 1 heterocycles. The summed E-state index contributed by atoms with van der Waals surface area (Å²) in [6, 6.07) is 5.69. The van der Waals surface area contributed by atoms with Crippen molar-refractivity contribution in [2.75, 3.05) is 0 Å². The van der Waals surface area contributed by atoms with Crippen molar-refractivity contribution in [1.82, 2.24) is 15.3 Å². The smallest absolute Gasteiger partial charge is 0.270 e. The summed E-state index contributed by atoms with van der Waals surface area (Å²) >= 11 is 3.20. The molecule has 20 heavy (non-hydrogen) atoms. The maximum atomic E-state index is 12.0. The summed E-state index contributed by atoms with van der Waals surface area (Å²) in [4.78, 5) is 29.9. The van der Waals surface area contributed by atoms with Gasteiger partial charge in [0.25, 0.3) is 11.6 Å². The third-order valence-corrected chi connectivity index (χ3v) is 3.17. The van der Waals surface area contributed by atoms with E-state index in [9.17, 15) is 14.9 Å². The Balaban J connectivity index is 2.13. The number of aromatic nitrogens is 2. The van der Waals surface area contributed by atoms with Gasteiger partial charge in [-0.25, -0.2) is 9.97 Å². The van der Waals surface area contributed by atoms with Gasteiger partial charge in [-0.2, -0.15) is 0 Å². The molecule has 1 aromatic carbocycles. The third kappa shape index (κ3) is 3.35. The van der Waals surface area contributed by atoms with Gasteiger partial charge in [0.2, 0.25) is 0 Å². The molecule has 1 N–H and O–H groups in total. The average molecular weight is 337 g/mol. The fourth-order valence-corrected chi connectivity index (χ4v) is 1.92. The molecule has 0 aliphatic rings. The van der Waals surface area contributed by atoms with Crippen LogP contribution in [0.3, 0.4) is 0 Å². The van der Waals surface area contributed by atoms with Gasteiger partial charge in [0.1, 0.15) is 6.33 Å². The van der Waals surface area contributed by atoms with Crippen LogP contribution in [0.25, 0.3) is 0 Å². The molecule has 0 aliphatic heterocycles. The zero-order chi connectivity index (χ0) is 14.5. The van der Waals surface area contributed by atoms with Crippen molar-refractivity contribution in [3.8, 4) is 0 Å². The van der Waals surface area contributed by atoms with Gasteiger partial charge in [0.05, 0.1) is 22.7 Å². The number of hydrogen-bond acceptors (Lipinski definition) is 5. The number of carbonyl (C=O) groups excluding carboxylic acids is 1. The molecule has 1 amide bonds. The summed E-state index contributed by atoms with van der Waals surface area (Å²) in [7, 11) is 0. The maximum absolute atomic E-state index is 12.0. The second-order valence-corrected chi connectivity index (χ2v) is 4.66. The predicted molar refractivity (Wildman–Crippen MR) is 74.0 cm³/mol. The van der Waals surface area contributed by atoms with Crippen LogP contribution >= 0.6 is 15.9 Å². The Morgan fingerprint density at radius 2 is 2.20 bits per heavy atom. The second kappa shape index (κ2) is 6.20. The molecule has 0 atom stereocenters. The summed E-state index contributed by atoms with van der Waals surface area (Å²) in [6.07, 6.45) is 2.95. The Kier molecular flexibility index (Phi) is 4.36. The Morgan fingerprint density at radius 3 is 2.85 bits per heavy atom. The highest BCUT2D eigenvalue weighted by atomic mass is 79.9. The van der Waals surface area contributed by atoms with E-state index in [2.05, 4.69) is 31.2 Å². The van der Waals surface area contributed by atoms with Gasteiger partial charge in [-0.05, 0) is 28.1 Å². The Bertz CT molecular complexity index is 648. The molecule has 0 unspecified atom stereocenters. The molecule has 0 spiro atoms. The summed E-state index contributed by atoms with van der Waals surface area (Å²) in [5.41, 5.74) is 0.712. The molecule has 0 fully saturated rings. The fraction of sp³-hybridized carbons (Fsp3) is 0.0833. The van der Waals surface area contributed by atoms with Crippen LogP contribution in [-0.4, -0.2) is 20.8 Å². The number of rotatable bonds is 4. The van der Waals surface area contributed by atoms with E-state index in [0.717, 1.165) is 0 Å². The highest BCUT2D eigenvalue weighted by Crippen LogP contribution is 2.22. The molecule has 2 aromatic rings. The number of nitro groups is 1. The van der Waals surface area contributed by atoms with E-state index >= 15 is 0 Å². The highest BCUT2D eigenvalue weighted by molar-refractivity contribution is 9.10. The Hall–Kier alpha value is -2.35. The molecule has 1 aromatic heterocycles. The largest absolute Gasteiger partial charge is 0.346 e. The third-order valence-electron chi connectivity index (χ3n) is 2.48. The molecular weight excluding hydrogens is 328 g/mol. The second-order valence-electron chi connectivity index (χ2n) is 3.80. The van der Waals surface area contributed by atoms with Gasteiger partial charge < -0.3 is 5.32 Å². The van der Waals surface area contributed by atoms with Crippen molar-refractivity contribution in [3.63, 3.8) is 0 Å². The van der Waals surface area contributed by atoms with Gasteiger partial charge in [-0.1, -0.05) is 0 Å². The van der Waals surface area contributed by atoms with E-state index in [4.69, 9.17) is 0 Å². The number of nitrogens with one attached hydrogen (secondary N) is 1. The maximum Gasteiger partial charge on any atom is 0.270 e. The lowest BCUT2D eigenvalue weighted by Gasteiger charge is -2.06. The van der Waals surface area contributed by atoms with E-state index in [0.29, 0.717) is 10.2 Å². The minimum absolute atomic E-state index is 0.139. The van der Waals surface area contributed by atoms with Gasteiger partial charge in [0.15, 0.2) is 0 Å². The number of non-ortho nitro benzene ring substituents is 1. The fourth-order valence-electron chi connectivity index (χ4n) is 1.49. The normalized spacial score (nSPS) is 10.1. The van der Waals surface area contributed by atoms with Gasteiger partial charge >= 0.3 is 0 Å². The van der Waals surface area contributed by atoms with Crippen LogP contribution in [0.2, 0.25) is 0 Å². The summed E-state index contributed by atoms with van der Waals surface area (Å²) < 4.78 is 0.489. The van der Waals surface area contributed by atoms with Crippen LogP contribution in [0.5, 0.6) is 0 Å². The Labute approximate surface area is 122 Å². The summed E-state index contributed by atoms with van der Waals surface area (Å²) in [5, 5.41) is 13.3. The van der Waals surface area contributed by atoms with Crippen molar-refractivity contribution < 1.29 is 9.72 Å². The van der Waals surface area contributed by atoms with Crippen LogP contribution in [0.15, 0.2) is 41.3 Å². The summed E-state index contributed by atoms with van der Waals surface area (Å²) in [5.74, 6) is -0.417. The predicted octanol–water partition coefficient (Wildman–Crippen LogP) is 2.08. The molecule has 8 heteroatoms. The number of amides is 1. The van der Waals surface area contributed by atoms with E-state index < -0.39 is 10.8 Å². The first kappa shape index (κ1) is 14.1. The number of nitro benzene ring substituents is 1. The average Bonchev–Trinajstić information content (AvgIpc) is 2.46. The zero-order valence-electron chi connectivity index (χ0n) is 10.1. The van der Waals surface area contributed by atoms with Crippen molar-refractivity contribution >= 4 is 27.5 Å². The Morgan fingerprint density at radius 1 is 1.40 bits per heavy atom. The number of hydrogen-bond donors (Lipinski definition) is 1. The molecule has 7 nitrogen and oxygen atoms in total. The van der Waals surface area contributed by atoms with Crippen molar-refractivity contribution in [3.05, 3.63) is 62.6 Å². The lowest BCUT2D eigenvalue weighted by Crippen LogP contribution is -2.23. The van der Waals surface area contributed by atoms with Gasteiger partial charge in [-0.3, -0.25) is 14.9 Å². The van der Waals surface area contributed by atoms with Crippen molar-refractivity contribution in [2.45, 2.75) is 6.54 Å². The van der Waals surface area contributed by atoms with Crippen LogP contribution in [-0.2, 0) is 6.54 Å². The first-order valence-corrected chi connectivity index (χ1v) is 6.34. The molecule has 2 rings (SSSR count). The number of benzene rings is 1. The summed E-state index contributed by atoms with van der Waals surface area (Å²) in [6.45, 7) is 0.219. The zero-order valence-corrected chi connectivity index (χ0v) is 11.7.